The van der Waals surface area contributed by atoms with Crippen LogP contribution in [0.4, 0.5) is 0 Å². The van der Waals surface area contributed by atoms with Crippen molar-refractivity contribution in [3.05, 3.63) is 0 Å². The van der Waals surface area contributed by atoms with Crippen molar-refractivity contribution in [1.29, 1.82) is 0 Å². The van der Waals surface area contributed by atoms with Crippen molar-refractivity contribution in [3.8, 4) is 0 Å². The van der Waals surface area contributed by atoms with Crippen LogP contribution in [0.5, 0.6) is 0 Å². The third-order valence-electron chi connectivity index (χ3n) is 2.09. The average Bonchev–Trinajstić information content (AvgIpc) is 2.30. The fourth-order valence-corrected chi connectivity index (χ4v) is 1.41. The zero-order chi connectivity index (χ0) is 12.9. The van der Waals surface area contributed by atoms with E-state index in [1.165, 1.54) is 0 Å². The van der Waals surface area contributed by atoms with E-state index in [4.69, 9.17) is 0 Å². The minimum Gasteiger partial charge on any atom is -0.278 e. The van der Waals surface area contributed by atoms with Crippen molar-refractivity contribution in [2.45, 2.75) is 34.0 Å². The minimum atomic E-state index is 0.141. The van der Waals surface area contributed by atoms with Crippen LogP contribution in [0.1, 0.15) is 27.7 Å². The minimum absolute atomic E-state index is 0.141. The van der Waals surface area contributed by atoms with E-state index in [9.17, 15) is 0 Å². The highest BCUT2D eigenvalue weighted by Crippen LogP contribution is 1.58. The van der Waals surface area contributed by atoms with Gasteiger partial charge in [-0.15, -0.1) is 0 Å². The fourth-order valence-electron chi connectivity index (χ4n) is 1.41. The van der Waals surface area contributed by atoms with Crippen LogP contribution in [0.2, 0.25) is 0 Å². The number of guanidine groups is 1. The standard InChI is InChI=1S/C11H28N6/c1-5-12-10(13-6-2)16-9-17-11(14-7-3)15-8-4/h10,12-13,16H,5-9H2,1-4H3,(H2,14,15,17)/q+1/p+1. The van der Waals surface area contributed by atoms with E-state index < -0.39 is 0 Å². The van der Waals surface area contributed by atoms with Crippen LogP contribution in [0.25, 0.3) is 0 Å². The maximum atomic E-state index is 3.33. The molecule has 101 valence electrons. The van der Waals surface area contributed by atoms with Crippen molar-refractivity contribution in [2.75, 3.05) is 32.8 Å². The molecule has 17 heavy (non-hydrogen) atoms. The largest absolute Gasteiger partial charge is 0.344 e. The van der Waals surface area contributed by atoms with Crippen LogP contribution in [0, 0.1) is 0 Å². The van der Waals surface area contributed by atoms with Crippen LogP contribution in [0.3, 0.4) is 0 Å². The highest BCUT2D eigenvalue weighted by Gasteiger charge is 2.10. The van der Waals surface area contributed by atoms with Gasteiger partial charge in [-0.2, -0.15) is 5.32 Å². The molecule has 0 amide bonds. The Balaban J connectivity index is 3.98. The summed E-state index contributed by atoms with van der Waals surface area (Å²) in [4.78, 5) is 3.27. The Bertz CT molecular complexity index is 180. The normalized spacial score (nSPS) is 12.0. The molecule has 6 N–H and O–H groups in total. The van der Waals surface area contributed by atoms with Crippen LogP contribution >= 0.6 is 0 Å². The molecule has 0 unspecified atom stereocenters. The Kier molecular flexibility index (Phi) is 11.0. The summed E-state index contributed by atoms with van der Waals surface area (Å²) < 4.78 is 0. The van der Waals surface area contributed by atoms with Crippen molar-refractivity contribution >= 4 is 5.96 Å². The molecule has 0 aliphatic heterocycles. The van der Waals surface area contributed by atoms with Gasteiger partial charge in [-0.05, 0) is 27.3 Å². The number of rotatable bonds is 9. The van der Waals surface area contributed by atoms with Gasteiger partial charge in [-0.3, -0.25) is 20.9 Å². The lowest BCUT2D eigenvalue weighted by Gasteiger charge is -2.11. The molecule has 0 aliphatic carbocycles. The lowest BCUT2D eigenvalue weighted by Crippen LogP contribution is -2.98. The molecule has 0 aliphatic rings. The Morgan fingerprint density at radius 2 is 1.59 bits per heavy atom. The third kappa shape index (κ3) is 8.91. The summed E-state index contributed by atoms with van der Waals surface area (Å²) in [7, 11) is 0. The summed E-state index contributed by atoms with van der Waals surface area (Å²) in [5, 5.41) is 16.4. The Morgan fingerprint density at radius 1 is 0.941 bits per heavy atom. The summed E-state index contributed by atoms with van der Waals surface area (Å²) in [6, 6.07) is 0. The second-order valence-corrected chi connectivity index (χ2v) is 3.54. The SMILES string of the molecule is CCNC(NCC)=[NH+]CNC(NCC)[NH+]CC. The van der Waals surface area contributed by atoms with E-state index in [2.05, 4.69) is 59.3 Å². The van der Waals surface area contributed by atoms with E-state index >= 15 is 0 Å². The molecule has 0 saturated heterocycles. The first-order valence-corrected chi connectivity index (χ1v) is 6.57. The zero-order valence-electron chi connectivity index (χ0n) is 11.6. The van der Waals surface area contributed by atoms with Gasteiger partial charge < -0.3 is 0 Å². The molecule has 6 nitrogen and oxygen atoms in total. The van der Waals surface area contributed by atoms with Crippen molar-refractivity contribution in [1.82, 2.24) is 21.3 Å². The first kappa shape index (κ1) is 16.1. The summed E-state index contributed by atoms with van der Waals surface area (Å²) in [6.07, 6.45) is 0.141. The van der Waals surface area contributed by atoms with Gasteiger partial charge in [0.25, 0.3) is 0 Å². The van der Waals surface area contributed by atoms with Crippen LogP contribution < -0.4 is 31.6 Å². The lowest BCUT2D eigenvalue weighted by atomic mass is 10.6. The molecule has 0 rings (SSSR count). The molecule has 1 radical (unpaired) electrons. The molecular weight excluding hydrogens is 216 g/mol. The van der Waals surface area contributed by atoms with Crippen molar-refractivity contribution in [2.24, 2.45) is 0 Å². The highest BCUT2D eigenvalue weighted by atomic mass is 15.3. The monoisotopic (exact) mass is 245 g/mol. The van der Waals surface area contributed by atoms with Gasteiger partial charge >= 0.3 is 5.96 Å². The molecular formula is C11H29N6+2. The summed E-state index contributed by atoms with van der Waals surface area (Å²) >= 11 is 0. The van der Waals surface area contributed by atoms with Crippen LogP contribution in [0.15, 0.2) is 0 Å². The van der Waals surface area contributed by atoms with Gasteiger partial charge in [-0.1, -0.05) is 6.92 Å². The number of hydrogen-bond donors (Lipinski definition) is 6. The van der Waals surface area contributed by atoms with Gasteiger partial charge in [-0.25, -0.2) is 5.32 Å². The molecule has 0 aromatic carbocycles. The van der Waals surface area contributed by atoms with Gasteiger partial charge in [0.2, 0.25) is 6.29 Å². The summed E-state index contributed by atoms with van der Waals surface area (Å²) in [5.41, 5.74) is 0. The van der Waals surface area contributed by atoms with E-state index in [-0.39, 0.29) is 6.29 Å². The van der Waals surface area contributed by atoms with Gasteiger partial charge in [0.1, 0.15) is 13.2 Å². The van der Waals surface area contributed by atoms with Gasteiger partial charge in [0.15, 0.2) is 0 Å². The number of nitrogens with one attached hydrogen (secondary N) is 6. The lowest BCUT2D eigenvalue weighted by molar-refractivity contribution is -0.701. The second kappa shape index (κ2) is 11.6. The predicted molar refractivity (Wildman–Crippen MR) is 70.3 cm³/mol. The van der Waals surface area contributed by atoms with Crippen molar-refractivity contribution < 1.29 is 10.3 Å². The van der Waals surface area contributed by atoms with Gasteiger partial charge in [0.05, 0.1) is 13.1 Å². The average molecular weight is 245 g/mol. The Labute approximate surface area is 105 Å². The van der Waals surface area contributed by atoms with Crippen molar-refractivity contribution in [3.63, 3.8) is 0 Å². The van der Waals surface area contributed by atoms with Crippen LogP contribution in [-0.4, -0.2) is 45.1 Å². The topological polar surface area (TPSA) is 77.7 Å². The third-order valence-corrected chi connectivity index (χ3v) is 2.09. The maximum Gasteiger partial charge on any atom is 0.344 e. The van der Waals surface area contributed by atoms with E-state index in [0.29, 0.717) is 6.67 Å². The number of hydrogen-bond acceptors (Lipinski definition) is 3. The first-order chi connectivity index (χ1) is 8.28. The molecule has 0 atom stereocenters. The molecule has 0 heterocycles. The summed E-state index contributed by atoms with van der Waals surface area (Å²) in [5.74, 6) is 0.967. The second-order valence-electron chi connectivity index (χ2n) is 3.54. The Hall–Kier alpha value is -0.850. The van der Waals surface area contributed by atoms with E-state index in [1.54, 1.807) is 0 Å². The molecule has 0 saturated carbocycles. The quantitative estimate of drug-likeness (QED) is 0.144. The predicted octanol–water partition coefficient (Wildman–Crippen LogP) is -3.55. The van der Waals surface area contributed by atoms with Crippen LogP contribution in [-0.2, 0) is 0 Å². The molecule has 6 heteroatoms. The van der Waals surface area contributed by atoms with Gasteiger partial charge in [0, 0.05) is 0 Å². The molecule has 0 spiro atoms. The smallest absolute Gasteiger partial charge is 0.278 e. The highest BCUT2D eigenvalue weighted by molar-refractivity contribution is 5.73. The molecule has 0 bridgehead atoms. The maximum absolute atomic E-state index is 3.33. The molecule has 0 aromatic heterocycles. The first-order valence-electron chi connectivity index (χ1n) is 6.57. The van der Waals surface area contributed by atoms with E-state index in [0.717, 1.165) is 32.1 Å². The zero-order valence-corrected chi connectivity index (χ0v) is 11.6. The Morgan fingerprint density at radius 3 is 2.06 bits per heavy atom. The molecule has 0 fully saturated rings. The molecule has 0 aromatic rings. The summed E-state index contributed by atoms with van der Waals surface area (Å²) in [6.45, 7) is 12.7. The fraction of sp³-hybridized carbons (Fsp3) is 0.909. The van der Waals surface area contributed by atoms with E-state index in [1.807, 2.05) is 0 Å².